The summed E-state index contributed by atoms with van der Waals surface area (Å²) in [6.45, 7) is 13.7. The van der Waals surface area contributed by atoms with Crippen molar-refractivity contribution in [2.24, 2.45) is 4.99 Å². The smallest absolute Gasteiger partial charge is 0.407 e. The fourth-order valence-electron chi connectivity index (χ4n) is 2.66. The summed E-state index contributed by atoms with van der Waals surface area (Å²) in [7, 11) is 0. The quantitative estimate of drug-likeness (QED) is 0.370. The Hall–Kier alpha value is -1.50. The normalized spacial score (nSPS) is 16.9. The molecule has 7 heteroatoms. The molecule has 146 valence electrons. The maximum atomic E-state index is 11.6. The van der Waals surface area contributed by atoms with Gasteiger partial charge in [-0.25, -0.2) is 4.79 Å². The van der Waals surface area contributed by atoms with E-state index in [9.17, 15) is 4.79 Å². The fourth-order valence-corrected chi connectivity index (χ4v) is 2.66. The Morgan fingerprint density at radius 2 is 1.68 bits per heavy atom. The zero-order valence-electron chi connectivity index (χ0n) is 16.5. The highest BCUT2D eigenvalue weighted by molar-refractivity contribution is 5.79. The number of amides is 1. The molecule has 1 amide bonds. The van der Waals surface area contributed by atoms with E-state index in [0.717, 1.165) is 25.6 Å². The number of aliphatic imine (C=N–C) groups is 1. The first-order valence-corrected chi connectivity index (χ1v) is 9.62. The second-order valence-corrected chi connectivity index (χ2v) is 7.37. The van der Waals surface area contributed by atoms with Gasteiger partial charge in [0.15, 0.2) is 5.96 Å². The molecule has 7 nitrogen and oxygen atoms in total. The highest BCUT2D eigenvalue weighted by atomic mass is 16.6. The molecule has 0 aromatic carbocycles. The molecule has 0 aliphatic carbocycles. The standard InChI is InChI=1S/C18H37N5O2/c1-5-19-16(20-10-11-22-17(24)25-18(2,3)4)21-12-15-23-13-8-6-7-9-14-23/h5-15H2,1-4H3,(H,22,24)(H2,19,20,21). The molecule has 0 atom stereocenters. The van der Waals surface area contributed by atoms with Crippen molar-refractivity contribution in [3.63, 3.8) is 0 Å². The van der Waals surface area contributed by atoms with Crippen molar-refractivity contribution >= 4 is 12.1 Å². The van der Waals surface area contributed by atoms with Crippen LogP contribution in [0.2, 0.25) is 0 Å². The Bertz CT molecular complexity index is 399. The zero-order valence-corrected chi connectivity index (χ0v) is 16.5. The lowest BCUT2D eigenvalue weighted by Crippen LogP contribution is -2.42. The lowest BCUT2D eigenvalue weighted by Gasteiger charge is -2.20. The van der Waals surface area contributed by atoms with E-state index in [1.54, 1.807) is 0 Å². The first kappa shape index (κ1) is 21.5. The van der Waals surface area contributed by atoms with Crippen molar-refractivity contribution in [3.05, 3.63) is 0 Å². The summed E-state index contributed by atoms with van der Waals surface area (Å²) in [6.07, 6.45) is 4.93. The number of alkyl carbamates (subject to hydrolysis) is 1. The summed E-state index contributed by atoms with van der Waals surface area (Å²) >= 11 is 0. The van der Waals surface area contributed by atoms with Crippen LogP contribution < -0.4 is 16.0 Å². The van der Waals surface area contributed by atoms with Crippen LogP contribution in [0.4, 0.5) is 4.79 Å². The van der Waals surface area contributed by atoms with Crippen molar-refractivity contribution in [1.82, 2.24) is 20.9 Å². The Morgan fingerprint density at radius 1 is 1.04 bits per heavy atom. The third-order valence-corrected chi connectivity index (χ3v) is 3.81. The molecule has 0 saturated carbocycles. The van der Waals surface area contributed by atoms with Crippen LogP contribution in [0.15, 0.2) is 4.99 Å². The van der Waals surface area contributed by atoms with Gasteiger partial charge in [0.1, 0.15) is 5.60 Å². The van der Waals surface area contributed by atoms with Crippen LogP contribution in [0.5, 0.6) is 0 Å². The molecular weight excluding hydrogens is 318 g/mol. The molecule has 3 N–H and O–H groups in total. The maximum Gasteiger partial charge on any atom is 0.407 e. The van der Waals surface area contributed by atoms with Crippen LogP contribution >= 0.6 is 0 Å². The van der Waals surface area contributed by atoms with Crippen LogP contribution in [0.25, 0.3) is 0 Å². The van der Waals surface area contributed by atoms with Gasteiger partial charge in [-0.1, -0.05) is 12.8 Å². The summed E-state index contributed by atoms with van der Waals surface area (Å²) in [5.41, 5.74) is -0.471. The average Bonchev–Trinajstić information content (AvgIpc) is 2.78. The van der Waals surface area contributed by atoms with Crippen molar-refractivity contribution < 1.29 is 9.53 Å². The van der Waals surface area contributed by atoms with E-state index in [4.69, 9.17) is 4.74 Å². The average molecular weight is 356 g/mol. The van der Waals surface area contributed by atoms with Crippen LogP contribution in [0.1, 0.15) is 53.4 Å². The van der Waals surface area contributed by atoms with Crippen LogP contribution in [-0.4, -0.2) is 68.4 Å². The molecule has 0 aromatic rings. The van der Waals surface area contributed by atoms with Crippen molar-refractivity contribution in [3.8, 4) is 0 Å². The molecule has 0 aromatic heterocycles. The lowest BCUT2D eigenvalue weighted by atomic mass is 10.2. The first-order chi connectivity index (χ1) is 11.9. The van der Waals surface area contributed by atoms with Crippen molar-refractivity contribution in [2.75, 3.05) is 45.8 Å². The van der Waals surface area contributed by atoms with Gasteiger partial charge in [-0.15, -0.1) is 0 Å². The number of rotatable bonds is 7. The predicted octanol–water partition coefficient (Wildman–Crippen LogP) is 1.94. The van der Waals surface area contributed by atoms with Gasteiger partial charge in [-0.05, 0) is 53.6 Å². The number of carbonyl (C=O) groups is 1. The molecule has 1 saturated heterocycles. The predicted molar refractivity (Wildman–Crippen MR) is 103 cm³/mol. The monoisotopic (exact) mass is 355 g/mol. The number of carbonyl (C=O) groups excluding carboxylic acids is 1. The molecule has 1 fully saturated rings. The van der Waals surface area contributed by atoms with Gasteiger partial charge in [0.2, 0.25) is 0 Å². The van der Waals surface area contributed by atoms with E-state index in [1.807, 2.05) is 27.7 Å². The molecule has 0 spiro atoms. The topological polar surface area (TPSA) is 78.0 Å². The van der Waals surface area contributed by atoms with E-state index in [2.05, 4.69) is 25.8 Å². The van der Waals surface area contributed by atoms with E-state index in [0.29, 0.717) is 13.1 Å². The van der Waals surface area contributed by atoms with Crippen molar-refractivity contribution in [2.45, 2.75) is 59.0 Å². The van der Waals surface area contributed by atoms with Crippen LogP contribution in [0.3, 0.4) is 0 Å². The summed E-state index contributed by atoms with van der Waals surface area (Å²) in [4.78, 5) is 18.7. The molecule has 0 bridgehead atoms. The zero-order chi connectivity index (χ0) is 18.5. The first-order valence-electron chi connectivity index (χ1n) is 9.62. The highest BCUT2D eigenvalue weighted by Crippen LogP contribution is 2.09. The minimum atomic E-state index is -0.471. The van der Waals surface area contributed by atoms with E-state index in [1.165, 1.54) is 38.8 Å². The maximum absolute atomic E-state index is 11.6. The van der Waals surface area contributed by atoms with E-state index >= 15 is 0 Å². The Kier molecular flexibility index (Phi) is 10.3. The summed E-state index contributed by atoms with van der Waals surface area (Å²) in [6, 6.07) is 0. The second-order valence-electron chi connectivity index (χ2n) is 7.37. The molecule has 25 heavy (non-hydrogen) atoms. The van der Waals surface area contributed by atoms with E-state index in [-0.39, 0.29) is 0 Å². The largest absolute Gasteiger partial charge is 0.444 e. The van der Waals surface area contributed by atoms with Gasteiger partial charge in [0.25, 0.3) is 0 Å². The minimum Gasteiger partial charge on any atom is -0.444 e. The van der Waals surface area contributed by atoms with Gasteiger partial charge < -0.3 is 25.6 Å². The van der Waals surface area contributed by atoms with Gasteiger partial charge in [0.05, 0.1) is 6.54 Å². The number of nitrogens with one attached hydrogen (secondary N) is 3. The summed E-state index contributed by atoms with van der Waals surface area (Å²) in [5.74, 6) is 0.795. The molecule has 0 radical (unpaired) electrons. The summed E-state index contributed by atoms with van der Waals surface area (Å²) < 4.78 is 5.21. The molecule has 1 aliphatic heterocycles. The van der Waals surface area contributed by atoms with Crippen molar-refractivity contribution in [1.29, 1.82) is 0 Å². The van der Waals surface area contributed by atoms with Gasteiger partial charge >= 0.3 is 6.09 Å². The highest BCUT2D eigenvalue weighted by Gasteiger charge is 2.15. The number of hydrogen-bond acceptors (Lipinski definition) is 4. The lowest BCUT2D eigenvalue weighted by molar-refractivity contribution is 0.0529. The second kappa shape index (κ2) is 12.0. The molecule has 1 aliphatic rings. The third-order valence-electron chi connectivity index (χ3n) is 3.81. The summed E-state index contributed by atoms with van der Waals surface area (Å²) in [5, 5.41) is 9.21. The molecule has 1 rings (SSSR count). The van der Waals surface area contributed by atoms with Gasteiger partial charge in [-0.3, -0.25) is 4.99 Å². The van der Waals surface area contributed by atoms with Gasteiger partial charge in [0, 0.05) is 26.2 Å². The Morgan fingerprint density at radius 3 is 2.28 bits per heavy atom. The van der Waals surface area contributed by atoms with Gasteiger partial charge in [-0.2, -0.15) is 0 Å². The minimum absolute atomic E-state index is 0.391. The molecular formula is C18H37N5O2. The van der Waals surface area contributed by atoms with Crippen LogP contribution in [0, 0.1) is 0 Å². The Labute approximate surface area is 153 Å². The van der Waals surface area contributed by atoms with Crippen LogP contribution in [-0.2, 0) is 4.74 Å². The number of hydrogen-bond donors (Lipinski definition) is 3. The fraction of sp³-hybridized carbons (Fsp3) is 0.889. The Balaban J connectivity index is 2.24. The van der Waals surface area contributed by atoms with E-state index < -0.39 is 11.7 Å². The number of nitrogens with zero attached hydrogens (tertiary/aromatic N) is 2. The molecule has 1 heterocycles. The third kappa shape index (κ3) is 11.6. The number of ether oxygens (including phenoxy) is 1. The molecule has 0 unspecified atom stereocenters. The number of likely N-dealkylation sites (tertiary alicyclic amines) is 1. The number of guanidine groups is 1. The SMILES string of the molecule is CCNC(=NCCN1CCCCCC1)NCCNC(=O)OC(C)(C)C.